The maximum atomic E-state index is 11.9. The van der Waals surface area contributed by atoms with Crippen LogP contribution in [-0.2, 0) is 11.2 Å². The van der Waals surface area contributed by atoms with Crippen molar-refractivity contribution in [1.29, 1.82) is 0 Å². The SMILES string of the molecule is CC1Cc2cc(OCC=O)c(Cl)c(Cl)c2C1=O. The third-order valence-electron chi connectivity index (χ3n) is 2.78. The number of halogens is 2. The minimum atomic E-state index is -0.0850. The topological polar surface area (TPSA) is 43.4 Å². The van der Waals surface area contributed by atoms with Crippen LogP contribution in [0.2, 0.25) is 10.0 Å². The summed E-state index contributed by atoms with van der Waals surface area (Å²) in [4.78, 5) is 22.1. The maximum Gasteiger partial charge on any atom is 0.167 e. The highest BCUT2D eigenvalue weighted by molar-refractivity contribution is 6.45. The number of ketones is 1. The molecule has 0 saturated carbocycles. The van der Waals surface area contributed by atoms with Gasteiger partial charge in [0.1, 0.15) is 17.4 Å². The van der Waals surface area contributed by atoms with Crippen LogP contribution in [-0.4, -0.2) is 18.7 Å². The summed E-state index contributed by atoms with van der Waals surface area (Å²) in [5.41, 5.74) is 1.32. The summed E-state index contributed by atoms with van der Waals surface area (Å²) in [6.45, 7) is 1.76. The molecule has 5 heteroatoms. The van der Waals surface area contributed by atoms with E-state index in [1.54, 1.807) is 6.07 Å². The average molecular weight is 273 g/mol. The standard InChI is InChI=1S/C12H10Cl2O3/c1-6-4-7-5-8(17-3-2-15)10(13)11(14)9(7)12(6)16/h2,5-6H,3-4H2,1H3. The van der Waals surface area contributed by atoms with Gasteiger partial charge >= 0.3 is 0 Å². The number of Topliss-reactive ketones (excluding diaryl/α,β-unsaturated/α-hetero) is 1. The lowest BCUT2D eigenvalue weighted by Crippen LogP contribution is -2.04. The highest BCUT2D eigenvalue weighted by atomic mass is 35.5. The molecule has 90 valence electrons. The van der Waals surface area contributed by atoms with Crippen LogP contribution in [0, 0.1) is 5.92 Å². The Morgan fingerprint density at radius 1 is 1.47 bits per heavy atom. The molecule has 1 unspecified atom stereocenters. The number of carbonyl (C=O) groups is 2. The van der Waals surface area contributed by atoms with Crippen LogP contribution < -0.4 is 4.74 Å². The number of aldehydes is 1. The van der Waals surface area contributed by atoms with E-state index in [9.17, 15) is 9.59 Å². The molecule has 0 amide bonds. The van der Waals surface area contributed by atoms with Crippen LogP contribution in [0.1, 0.15) is 22.8 Å². The van der Waals surface area contributed by atoms with Gasteiger partial charge in [-0.15, -0.1) is 0 Å². The number of benzene rings is 1. The quantitative estimate of drug-likeness (QED) is 0.795. The van der Waals surface area contributed by atoms with Crippen LogP contribution in [0.25, 0.3) is 0 Å². The summed E-state index contributed by atoms with van der Waals surface area (Å²) >= 11 is 12.1. The van der Waals surface area contributed by atoms with Gasteiger partial charge < -0.3 is 4.74 Å². The molecule has 0 radical (unpaired) electrons. The Kier molecular flexibility index (Phi) is 3.40. The van der Waals surface area contributed by atoms with E-state index in [4.69, 9.17) is 27.9 Å². The van der Waals surface area contributed by atoms with Gasteiger partial charge in [-0.25, -0.2) is 0 Å². The first kappa shape index (κ1) is 12.4. The fraction of sp³-hybridized carbons (Fsp3) is 0.333. The summed E-state index contributed by atoms with van der Waals surface area (Å²) in [5, 5.41) is 0.411. The van der Waals surface area contributed by atoms with Gasteiger partial charge in [0.15, 0.2) is 12.1 Å². The van der Waals surface area contributed by atoms with Gasteiger partial charge in [-0.3, -0.25) is 9.59 Å². The monoisotopic (exact) mass is 272 g/mol. The van der Waals surface area contributed by atoms with E-state index in [0.717, 1.165) is 5.56 Å². The van der Waals surface area contributed by atoms with Crippen molar-refractivity contribution in [3.8, 4) is 5.75 Å². The van der Waals surface area contributed by atoms with E-state index >= 15 is 0 Å². The summed E-state index contributed by atoms with van der Waals surface area (Å²) in [5.74, 6) is 0.276. The van der Waals surface area contributed by atoms with E-state index < -0.39 is 0 Å². The van der Waals surface area contributed by atoms with Crippen LogP contribution >= 0.6 is 23.2 Å². The molecule has 2 rings (SSSR count). The van der Waals surface area contributed by atoms with E-state index in [1.165, 1.54) is 0 Å². The van der Waals surface area contributed by atoms with Crippen molar-refractivity contribution >= 4 is 35.3 Å². The Morgan fingerprint density at radius 2 is 2.18 bits per heavy atom. The molecule has 1 aromatic carbocycles. The normalized spacial score (nSPS) is 18.1. The third-order valence-corrected chi connectivity index (χ3v) is 3.63. The Bertz CT molecular complexity index is 497. The zero-order chi connectivity index (χ0) is 12.6. The zero-order valence-corrected chi connectivity index (χ0v) is 10.6. The second-order valence-electron chi connectivity index (χ2n) is 3.98. The minimum absolute atomic E-state index is 0.00818. The molecule has 1 atom stereocenters. The van der Waals surface area contributed by atoms with Crippen LogP contribution in [0.5, 0.6) is 5.75 Å². The molecule has 0 aromatic heterocycles. The Balaban J connectivity index is 2.49. The summed E-state index contributed by atoms with van der Waals surface area (Å²) in [6.07, 6.45) is 1.26. The minimum Gasteiger partial charge on any atom is -0.485 e. The largest absolute Gasteiger partial charge is 0.485 e. The fourth-order valence-electron chi connectivity index (χ4n) is 1.98. The first-order valence-electron chi connectivity index (χ1n) is 5.17. The molecular formula is C12H10Cl2O3. The molecule has 17 heavy (non-hydrogen) atoms. The second kappa shape index (κ2) is 4.67. The predicted octanol–water partition coefficient (Wildman–Crippen LogP) is 2.95. The molecule has 3 nitrogen and oxygen atoms in total. The van der Waals surface area contributed by atoms with E-state index in [0.29, 0.717) is 24.0 Å². The fourth-order valence-corrected chi connectivity index (χ4v) is 2.49. The van der Waals surface area contributed by atoms with E-state index in [1.807, 2.05) is 6.92 Å². The van der Waals surface area contributed by atoms with Gasteiger partial charge in [0.2, 0.25) is 0 Å². The average Bonchev–Trinajstić information content (AvgIpc) is 2.58. The van der Waals surface area contributed by atoms with Crippen molar-refractivity contribution < 1.29 is 14.3 Å². The highest BCUT2D eigenvalue weighted by Crippen LogP contribution is 2.41. The van der Waals surface area contributed by atoms with Crippen molar-refractivity contribution in [2.24, 2.45) is 5.92 Å². The molecule has 1 aromatic rings. The molecular weight excluding hydrogens is 263 g/mol. The first-order valence-corrected chi connectivity index (χ1v) is 5.93. The molecule has 0 bridgehead atoms. The molecule has 0 saturated heterocycles. The Hall–Kier alpha value is -1.06. The number of hydrogen-bond donors (Lipinski definition) is 0. The van der Waals surface area contributed by atoms with Gasteiger partial charge in [-0.05, 0) is 18.1 Å². The third kappa shape index (κ3) is 2.05. The van der Waals surface area contributed by atoms with Crippen LogP contribution in [0.3, 0.4) is 0 Å². The Labute approximate surface area is 109 Å². The lowest BCUT2D eigenvalue weighted by molar-refractivity contribution is -0.109. The van der Waals surface area contributed by atoms with Crippen molar-refractivity contribution in [2.75, 3.05) is 6.61 Å². The van der Waals surface area contributed by atoms with Gasteiger partial charge in [-0.2, -0.15) is 0 Å². The van der Waals surface area contributed by atoms with Gasteiger partial charge in [-0.1, -0.05) is 30.1 Å². The van der Waals surface area contributed by atoms with Gasteiger partial charge in [0, 0.05) is 11.5 Å². The maximum absolute atomic E-state index is 11.9. The summed E-state index contributed by atoms with van der Waals surface area (Å²) < 4.78 is 5.17. The molecule has 0 heterocycles. The number of rotatable bonds is 3. The molecule has 0 N–H and O–H groups in total. The lowest BCUT2D eigenvalue weighted by Gasteiger charge is -2.09. The summed E-state index contributed by atoms with van der Waals surface area (Å²) in [7, 11) is 0. The van der Waals surface area contributed by atoms with Crippen molar-refractivity contribution in [3.05, 3.63) is 27.2 Å². The van der Waals surface area contributed by atoms with Crippen LogP contribution in [0.15, 0.2) is 6.07 Å². The molecule has 1 aliphatic rings. The van der Waals surface area contributed by atoms with E-state index in [-0.39, 0.29) is 28.4 Å². The van der Waals surface area contributed by atoms with Crippen molar-refractivity contribution in [3.63, 3.8) is 0 Å². The van der Waals surface area contributed by atoms with Crippen molar-refractivity contribution in [1.82, 2.24) is 0 Å². The number of fused-ring (bicyclic) bond motifs is 1. The second-order valence-corrected chi connectivity index (χ2v) is 4.74. The first-order chi connectivity index (χ1) is 8.06. The molecule has 0 aliphatic heterocycles. The van der Waals surface area contributed by atoms with Crippen LogP contribution in [0.4, 0.5) is 0 Å². The smallest absolute Gasteiger partial charge is 0.167 e. The predicted molar refractivity (Wildman–Crippen MR) is 65.2 cm³/mol. The van der Waals surface area contributed by atoms with Gasteiger partial charge in [0.05, 0.1) is 5.02 Å². The summed E-state index contributed by atoms with van der Waals surface area (Å²) in [6, 6.07) is 1.69. The number of hydrogen-bond acceptors (Lipinski definition) is 3. The molecule has 0 spiro atoms. The molecule has 0 fully saturated rings. The Morgan fingerprint density at radius 3 is 2.82 bits per heavy atom. The number of carbonyl (C=O) groups excluding carboxylic acids is 2. The zero-order valence-electron chi connectivity index (χ0n) is 9.13. The molecule has 1 aliphatic carbocycles. The van der Waals surface area contributed by atoms with Gasteiger partial charge in [0.25, 0.3) is 0 Å². The van der Waals surface area contributed by atoms with E-state index in [2.05, 4.69) is 0 Å². The lowest BCUT2D eigenvalue weighted by atomic mass is 10.1. The number of ether oxygens (including phenoxy) is 1. The highest BCUT2D eigenvalue weighted by Gasteiger charge is 2.31. The van der Waals surface area contributed by atoms with Crippen molar-refractivity contribution in [2.45, 2.75) is 13.3 Å².